The number of nitrogens with one attached hydrogen (secondary N) is 1. The van der Waals surface area contributed by atoms with E-state index in [2.05, 4.69) is 5.43 Å². The Morgan fingerprint density at radius 1 is 1.38 bits per heavy atom. The van der Waals surface area contributed by atoms with Gasteiger partial charge in [-0.05, 0) is 24.3 Å². The third-order valence-corrected chi connectivity index (χ3v) is 3.97. The molecule has 1 rings (SSSR count). The van der Waals surface area contributed by atoms with Gasteiger partial charge in [-0.25, -0.2) is 5.84 Å². The third kappa shape index (κ3) is 3.70. The monoisotopic (exact) mass is 258 g/mol. The van der Waals surface area contributed by atoms with Crippen LogP contribution in [0.3, 0.4) is 0 Å². The average molecular weight is 259 g/mol. The van der Waals surface area contributed by atoms with E-state index in [0.29, 0.717) is 5.02 Å². The van der Waals surface area contributed by atoms with Gasteiger partial charge in [0.2, 0.25) is 5.91 Å². The van der Waals surface area contributed by atoms with Gasteiger partial charge in [-0.3, -0.25) is 10.2 Å². The fourth-order valence-electron chi connectivity index (χ4n) is 1.17. The largest absolute Gasteiger partial charge is 0.294 e. The number of hydrogen-bond acceptors (Lipinski definition) is 3. The van der Waals surface area contributed by atoms with E-state index in [-0.39, 0.29) is 17.1 Å². The fraction of sp³-hybridized carbons (Fsp3) is 0.364. The van der Waals surface area contributed by atoms with Crippen molar-refractivity contribution in [3.8, 4) is 0 Å². The summed E-state index contributed by atoms with van der Waals surface area (Å²) < 4.78 is 0. The average Bonchev–Trinajstić information content (AvgIpc) is 2.30. The van der Waals surface area contributed by atoms with E-state index >= 15 is 0 Å². The summed E-state index contributed by atoms with van der Waals surface area (Å²) in [5, 5.41) is 0.870. The molecule has 1 aromatic carbocycles. The zero-order valence-corrected chi connectivity index (χ0v) is 10.8. The number of amides is 1. The lowest BCUT2D eigenvalue weighted by Crippen LogP contribution is -2.38. The minimum absolute atomic E-state index is 0.134. The van der Waals surface area contributed by atoms with Crippen LogP contribution >= 0.6 is 23.4 Å². The molecule has 16 heavy (non-hydrogen) atoms. The molecule has 0 spiro atoms. The number of halogens is 1. The molecule has 5 heteroatoms. The molecule has 1 amide bonds. The first-order valence-corrected chi connectivity index (χ1v) is 6.23. The van der Waals surface area contributed by atoms with Crippen molar-refractivity contribution in [2.24, 2.45) is 11.8 Å². The van der Waals surface area contributed by atoms with Crippen LogP contribution in [0.25, 0.3) is 0 Å². The Kier molecular flexibility index (Phi) is 5.12. The van der Waals surface area contributed by atoms with Gasteiger partial charge in [0.1, 0.15) is 0 Å². The van der Waals surface area contributed by atoms with Gasteiger partial charge in [-0.2, -0.15) is 0 Å². The Hall–Kier alpha value is -0.710. The van der Waals surface area contributed by atoms with Gasteiger partial charge in [0.05, 0.1) is 0 Å². The molecule has 0 saturated carbocycles. The highest BCUT2D eigenvalue weighted by Crippen LogP contribution is 2.28. The fourth-order valence-corrected chi connectivity index (χ4v) is 2.35. The van der Waals surface area contributed by atoms with Crippen molar-refractivity contribution in [2.45, 2.75) is 24.0 Å². The van der Waals surface area contributed by atoms with Crippen LogP contribution in [0.15, 0.2) is 29.2 Å². The molecule has 0 radical (unpaired) electrons. The standard InChI is InChI=1S/C11H15ClN2OS/c1-7(11(15)14-13)8(2)16-10-5-3-9(12)4-6-10/h3-8H,13H2,1-2H3,(H,14,15). The first kappa shape index (κ1) is 13.4. The first-order chi connectivity index (χ1) is 7.54. The molecule has 0 aliphatic heterocycles. The molecule has 1 aromatic rings. The van der Waals surface area contributed by atoms with E-state index in [0.717, 1.165) is 4.90 Å². The molecule has 0 saturated heterocycles. The van der Waals surface area contributed by atoms with Crippen LogP contribution < -0.4 is 11.3 Å². The number of hydrogen-bond donors (Lipinski definition) is 2. The molecule has 2 unspecified atom stereocenters. The quantitative estimate of drug-likeness (QED) is 0.378. The molecular formula is C11H15ClN2OS. The van der Waals surface area contributed by atoms with Crippen molar-refractivity contribution in [1.82, 2.24) is 5.43 Å². The molecular weight excluding hydrogens is 244 g/mol. The molecule has 0 bridgehead atoms. The third-order valence-electron chi connectivity index (χ3n) is 2.40. The van der Waals surface area contributed by atoms with Gasteiger partial charge in [0.25, 0.3) is 0 Å². The SMILES string of the molecule is CC(Sc1ccc(Cl)cc1)C(C)C(=O)NN. The second kappa shape index (κ2) is 6.13. The minimum atomic E-state index is -0.144. The summed E-state index contributed by atoms with van der Waals surface area (Å²) in [5.41, 5.74) is 2.17. The Labute approximate surface area is 105 Å². The number of carbonyl (C=O) groups excluding carboxylic acids is 1. The summed E-state index contributed by atoms with van der Waals surface area (Å²) in [7, 11) is 0. The first-order valence-electron chi connectivity index (χ1n) is 4.97. The summed E-state index contributed by atoms with van der Waals surface area (Å²) >= 11 is 7.42. The maximum atomic E-state index is 11.3. The van der Waals surface area contributed by atoms with Gasteiger partial charge in [-0.15, -0.1) is 11.8 Å². The van der Waals surface area contributed by atoms with E-state index in [1.165, 1.54) is 0 Å². The van der Waals surface area contributed by atoms with Crippen molar-refractivity contribution in [3.05, 3.63) is 29.3 Å². The predicted molar refractivity (Wildman–Crippen MR) is 68.3 cm³/mol. The Morgan fingerprint density at radius 3 is 2.44 bits per heavy atom. The van der Waals surface area contributed by atoms with Crippen molar-refractivity contribution in [3.63, 3.8) is 0 Å². The Bertz CT molecular complexity index is 356. The van der Waals surface area contributed by atoms with E-state index in [9.17, 15) is 4.79 Å². The lowest BCUT2D eigenvalue weighted by Gasteiger charge is -2.17. The van der Waals surface area contributed by atoms with Crippen molar-refractivity contribution < 1.29 is 4.79 Å². The highest BCUT2D eigenvalue weighted by atomic mass is 35.5. The Balaban J connectivity index is 2.60. The van der Waals surface area contributed by atoms with E-state index < -0.39 is 0 Å². The molecule has 0 aromatic heterocycles. The maximum absolute atomic E-state index is 11.3. The van der Waals surface area contributed by atoms with Crippen molar-refractivity contribution >= 4 is 29.3 Å². The van der Waals surface area contributed by atoms with E-state index in [4.69, 9.17) is 17.4 Å². The van der Waals surface area contributed by atoms with Crippen LogP contribution in [0.2, 0.25) is 5.02 Å². The molecule has 0 fully saturated rings. The van der Waals surface area contributed by atoms with Crippen LogP contribution in [-0.4, -0.2) is 11.2 Å². The smallest absolute Gasteiger partial charge is 0.237 e. The lowest BCUT2D eigenvalue weighted by atomic mass is 10.1. The Morgan fingerprint density at radius 2 is 1.94 bits per heavy atom. The highest BCUT2D eigenvalue weighted by molar-refractivity contribution is 8.00. The van der Waals surface area contributed by atoms with Crippen LogP contribution in [-0.2, 0) is 4.79 Å². The van der Waals surface area contributed by atoms with Gasteiger partial charge in [-0.1, -0.05) is 25.4 Å². The zero-order chi connectivity index (χ0) is 12.1. The van der Waals surface area contributed by atoms with Crippen LogP contribution in [0, 0.1) is 5.92 Å². The summed E-state index contributed by atoms with van der Waals surface area (Å²) in [5.74, 6) is 4.82. The minimum Gasteiger partial charge on any atom is -0.294 e. The van der Waals surface area contributed by atoms with Gasteiger partial charge >= 0.3 is 0 Å². The van der Waals surface area contributed by atoms with Gasteiger partial charge in [0.15, 0.2) is 0 Å². The number of benzene rings is 1. The van der Waals surface area contributed by atoms with Crippen LogP contribution in [0.5, 0.6) is 0 Å². The molecule has 3 N–H and O–H groups in total. The number of carbonyl (C=O) groups is 1. The van der Waals surface area contributed by atoms with Gasteiger partial charge in [0, 0.05) is 21.1 Å². The maximum Gasteiger partial charge on any atom is 0.237 e. The van der Waals surface area contributed by atoms with Crippen LogP contribution in [0.4, 0.5) is 0 Å². The number of nitrogens with two attached hydrogens (primary N) is 1. The summed E-state index contributed by atoms with van der Waals surface area (Å²) in [4.78, 5) is 12.4. The molecule has 0 aliphatic rings. The second-order valence-corrected chi connectivity index (χ2v) is 5.46. The topological polar surface area (TPSA) is 55.1 Å². The van der Waals surface area contributed by atoms with Crippen molar-refractivity contribution in [2.75, 3.05) is 0 Å². The predicted octanol–water partition coefficient (Wildman–Crippen LogP) is 2.45. The lowest BCUT2D eigenvalue weighted by molar-refractivity contribution is -0.124. The van der Waals surface area contributed by atoms with E-state index in [1.54, 1.807) is 11.8 Å². The zero-order valence-electron chi connectivity index (χ0n) is 9.24. The number of hydrazine groups is 1. The highest BCUT2D eigenvalue weighted by Gasteiger charge is 2.20. The number of rotatable bonds is 4. The normalized spacial score (nSPS) is 14.2. The molecule has 0 aliphatic carbocycles. The molecule has 88 valence electrons. The van der Waals surface area contributed by atoms with E-state index in [1.807, 2.05) is 38.1 Å². The second-order valence-electron chi connectivity index (χ2n) is 3.57. The summed E-state index contributed by atoms with van der Waals surface area (Å²) in [6, 6.07) is 7.56. The number of thioether (sulfide) groups is 1. The van der Waals surface area contributed by atoms with Crippen molar-refractivity contribution in [1.29, 1.82) is 0 Å². The van der Waals surface area contributed by atoms with Crippen LogP contribution in [0.1, 0.15) is 13.8 Å². The summed E-state index contributed by atoms with van der Waals surface area (Å²) in [6.45, 7) is 3.86. The van der Waals surface area contributed by atoms with Gasteiger partial charge < -0.3 is 0 Å². The molecule has 0 heterocycles. The summed E-state index contributed by atoms with van der Waals surface area (Å²) in [6.07, 6.45) is 0. The molecule has 2 atom stereocenters. The molecule has 3 nitrogen and oxygen atoms in total.